The van der Waals surface area contributed by atoms with E-state index in [1.54, 1.807) is 18.2 Å². The molecule has 0 spiro atoms. The molecular formula is C7H7Cl2N3. The number of hydrogen-bond acceptors (Lipinski definition) is 2. The van der Waals surface area contributed by atoms with Gasteiger partial charge in [-0.15, -0.1) is 0 Å². The minimum Gasteiger partial charge on any atom is -0.382 e. The van der Waals surface area contributed by atoms with Gasteiger partial charge in [0.05, 0.1) is 5.02 Å². The highest BCUT2D eigenvalue weighted by Crippen LogP contribution is 2.19. The minimum atomic E-state index is 0.169. The van der Waals surface area contributed by atoms with Crippen molar-refractivity contribution >= 4 is 29.0 Å². The van der Waals surface area contributed by atoms with Crippen molar-refractivity contribution in [1.82, 2.24) is 0 Å². The normalized spacial score (nSPS) is 11.7. The van der Waals surface area contributed by atoms with Crippen LogP contribution in [0.2, 0.25) is 10.0 Å². The number of amidine groups is 1. The number of hydrogen-bond donors (Lipinski definition) is 2. The highest BCUT2D eigenvalue weighted by molar-refractivity contribution is 6.35. The van der Waals surface area contributed by atoms with Gasteiger partial charge in [0.2, 0.25) is 0 Å². The van der Waals surface area contributed by atoms with Gasteiger partial charge in [0.25, 0.3) is 0 Å². The van der Waals surface area contributed by atoms with Crippen LogP contribution >= 0.6 is 23.2 Å². The van der Waals surface area contributed by atoms with Crippen molar-refractivity contribution in [2.75, 3.05) is 0 Å². The van der Waals surface area contributed by atoms with E-state index in [2.05, 4.69) is 5.10 Å². The second-order valence-electron chi connectivity index (χ2n) is 2.14. The van der Waals surface area contributed by atoms with Gasteiger partial charge in [0.15, 0.2) is 5.84 Å². The Bertz CT molecular complexity index is 322. The Labute approximate surface area is 79.9 Å². The van der Waals surface area contributed by atoms with Crippen LogP contribution in [0.4, 0.5) is 0 Å². The Morgan fingerprint density at radius 1 is 1.33 bits per heavy atom. The zero-order chi connectivity index (χ0) is 9.14. The summed E-state index contributed by atoms with van der Waals surface area (Å²) < 4.78 is 0. The maximum Gasteiger partial charge on any atom is 0.151 e. The lowest BCUT2D eigenvalue weighted by atomic mass is 10.2. The van der Waals surface area contributed by atoms with Crippen LogP contribution in [0.1, 0.15) is 5.56 Å². The Morgan fingerprint density at radius 2 is 2.00 bits per heavy atom. The average Bonchev–Trinajstić information content (AvgIpc) is 2.08. The van der Waals surface area contributed by atoms with Crippen molar-refractivity contribution in [3.8, 4) is 0 Å². The highest BCUT2D eigenvalue weighted by Gasteiger charge is 2.04. The standard InChI is InChI=1S/C7H7Cl2N3/c8-4-1-2-6(9)5(3-4)7(10)12-11/h1-3H,11H2,(H2,10,12). The Hall–Kier alpha value is -0.930. The molecular weight excluding hydrogens is 197 g/mol. The Kier molecular flexibility index (Phi) is 2.78. The van der Waals surface area contributed by atoms with Crippen molar-refractivity contribution in [2.45, 2.75) is 0 Å². The van der Waals surface area contributed by atoms with E-state index in [1.165, 1.54) is 0 Å². The van der Waals surface area contributed by atoms with Crippen molar-refractivity contribution < 1.29 is 0 Å². The summed E-state index contributed by atoms with van der Waals surface area (Å²) in [5.41, 5.74) is 5.99. The molecule has 4 N–H and O–H groups in total. The summed E-state index contributed by atoms with van der Waals surface area (Å²) in [7, 11) is 0. The molecule has 0 fully saturated rings. The molecule has 0 aromatic heterocycles. The largest absolute Gasteiger partial charge is 0.382 e. The maximum atomic E-state index is 5.79. The monoisotopic (exact) mass is 203 g/mol. The summed E-state index contributed by atoms with van der Waals surface area (Å²) in [6.45, 7) is 0. The molecule has 0 amide bonds. The predicted molar refractivity (Wildman–Crippen MR) is 51.4 cm³/mol. The number of nitrogens with zero attached hydrogens (tertiary/aromatic N) is 1. The third kappa shape index (κ3) is 1.81. The average molecular weight is 204 g/mol. The summed E-state index contributed by atoms with van der Waals surface area (Å²) in [5, 5.41) is 4.33. The Morgan fingerprint density at radius 3 is 2.58 bits per heavy atom. The molecule has 1 rings (SSSR count). The second kappa shape index (κ2) is 3.65. The quantitative estimate of drug-likeness (QED) is 0.315. The molecule has 1 aromatic carbocycles. The van der Waals surface area contributed by atoms with Crippen LogP contribution in [0.5, 0.6) is 0 Å². The van der Waals surface area contributed by atoms with Crippen LogP contribution in [0, 0.1) is 0 Å². The SMILES string of the molecule is N/N=C(\N)c1cc(Cl)ccc1Cl. The zero-order valence-corrected chi connectivity index (χ0v) is 7.60. The molecule has 0 bridgehead atoms. The van der Waals surface area contributed by atoms with E-state index in [-0.39, 0.29) is 5.84 Å². The first-order chi connectivity index (χ1) is 5.65. The molecule has 0 saturated heterocycles. The van der Waals surface area contributed by atoms with Gasteiger partial charge in [0.1, 0.15) is 0 Å². The van der Waals surface area contributed by atoms with Crippen molar-refractivity contribution in [2.24, 2.45) is 16.7 Å². The van der Waals surface area contributed by atoms with Gasteiger partial charge < -0.3 is 11.6 Å². The lowest BCUT2D eigenvalue weighted by Gasteiger charge is -2.01. The van der Waals surface area contributed by atoms with Crippen molar-refractivity contribution in [3.63, 3.8) is 0 Å². The number of nitrogens with two attached hydrogens (primary N) is 2. The summed E-state index contributed by atoms with van der Waals surface area (Å²) in [6, 6.07) is 4.91. The number of rotatable bonds is 1. The summed E-state index contributed by atoms with van der Waals surface area (Å²) in [6.07, 6.45) is 0. The van der Waals surface area contributed by atoms with Crippen LogP contribution in [-0.2, 0) is 0 Å². The van der Waals surface area contributed by atoms with Crippen LogP contribution in [0.15, 0.2) is 23.3 Å². The Balaban J connectivity index is 3.23. The third-order valence-electron chi connectivity index (χ3n) is 1.34. The van der Waals surface area contributed by atoms with E-state index in [0.29, 0.717) is 15.6 Å². The molecule has 1 aromatic rings. The first-order valence-electron chi connectivity index (χ1n) is 3.14. The van der Waals surface area contributed by atoms with Gasteiger partial charge in [0, 0.05) is 10.6 Å². The summed E-state index contributed by atoms with van der Waals surface area (Å²) in [4.78, 5) is 0. The fourth-order valence-electron chi connectivity index (χ4n) is 0.763. The van der Waals surface area contributed by atoms with E-state index < -0.39 is 0 Å². The number of halogens is 2. The van der Waals surface area contributed by atoms with Gasteiger partial charge in [-0.25, -0.2) is 0 Å². The zero-order valence-electron chi connectivity index (χ0n) is 6.09. The van der Waals surface area contributed by atoms with Crippen LogP contribution in [-0.4, -0.2) is 5.84 Å². The molecule has 5 heteroatoms. The van der Waals surface area contributed by atoms with E-state index in [0.717, 1.165) is 0 Å². The first kappa shape index (κ1) is 9.16. The van der Waals surface area contributed by atoms with Gasteiger partial charge in [-0.05, 0) is 18.2 Å². The van der Waals surface area contributed by atoms with Gasteiger partial charge in [-0.1, -0.05) is 23.2 Å². The molecule has 12 heavy (non-hydrogen) atoms. The molecule has 3 nitrogen and oxygen atoms in total. The fraction of sp³-hybridized carbons (Fsp3) is 0. The third-order valence-corrected chi connectivity index (χ3v) is 1.91. The van der Waals surface area contributed by atoms with Gasteiger partial charge in [-0.2, -0.15) is 5.10 Å². The number of benzene rings is 1. The molecule has 0 unspecified atom stereocenters. The van der Waals surface area contributed by atoms with E-state index in [4.69, 9.17) is 34.8 Å². The fourth-order valence-corrected chi connectivity index (χ4v) is 1.15. The smallest absolute Gasteiger partial charge is 0.151 e. The highest BCUT2D eigenvalue weighted by atomic mass is 35.5. The summed E-state index contributed by atoms with van der Waals surface area (Å²) in [5.74, 6) is 5.15. The van der Waals surface area contributed by atoms with Gasteiger partial charge in [-0.3, -0.25) is 0 Å². The molecule has 0 atom stereocenters. The molecule has 0 radical (unpaired) electrons. The van der Waals surface area contributed by atoms with Crippen LogP contribution in [0.25, 0.3) is 0 Å². The molecule has 0 aliphatic carbocycles. The van der Waals surface area contributed by atoms with Gasteiger partial charge >= 0.3 is 0 Å². The maximum absolute atomic E-state index is 5.79. The summed E-state index contributed by atoms with van der Waals surface area (Å²) >= 11 is 11.5. The van der Waals surface area contributed by atoms with E-state index in [9.17, 15) is 0 Å². The van der Waals surface area contributed by atoms with Crippen molar-refractivity contribution in [1.29, 1.82) is 0 Å². The van der Waals surface area contributed by atoms with E-state index >= 15 is 0 Å². The lowest BCUT2D eigenvalue weighted by molar-refractivity contribution is 1.23. The van der Waals surface area contributed by atoms with Crippen LogP contribution in [0.3, 0.4) is 0 Å². The molecule has 0 saturated carbocycles. The number of hydrazone groups is 1. The molecule has 0 aliphatic rings. The van der Waals surface area contributed by atoms with E-state index in [1.807, 2.05) is 0 Å². The predicted octanol–water partition coefficient (Wildman–Crippen LogP) is 1.57. The minimum absolute atomic E-state index is 0.169. The second-order valence-corrected chi connectivity index (χ2v) is 2.98. The lowest BCUT2D eigenvalue weighted by Crippen LogP contribution is -2.15. The first-order valence-corrected chi connectivity index (χ1v) is 3.89. The molecule has 0 aliphatic heterocycles. The molecule has 0 heterocycles. The van der Waals surface area contributed by atoms with Crippen LogP contribution < -0.4 is 11.6 Å². The molecule has 64 valence electrons. The van der Waals surface area contributed by atoms with Crippen molar-refractivity contribution in [3.05, 3.63) is 33.8 Å². The topological polar surface area (TPSA) is 64.4 Å².